The molecular weight excluding hydrogens is 233 g/mol. The Balaban J connectivity index is 1.72. The number of carbonyl (C=O) groups excluding carboxylic acids is 1. The largest absolute Gasteiger partial charge is 0.391 e. The second kappa shape index (κ2) is 4.84. The molecule has 1 N–H and O–H groups in total. The van der Waals surface area contributed by atoms with Gasteiger partial charge in [-0.2, -0.15) is 13.2 Å². The summed E-state index contributed by atoms with van der Waals surface area (Å²) in [5.74, 6) is -1.31. The van der Waals surface area contributed by atoms with Crippen LogP contribution in [0.4, 0.5) is 13.2 Å². The van der Waals surface area contributed by atoms with Crippen LogP contribution in [0.25, 0.3) is 0 Å². The number of alkyl halides is 3. The second-order valence-corrected chi connectivity index (χ2v) is 4.85. The Hall–Kier alpha value is -0.780. The minimum atomic E-state index is -4.11. The van der Waals surface area contributed by atoms with Gasteiger partial charge in [-0.1, -0.05) is 0 Å². The number of hydrogen-bond acceptors (Lipinski definition) is 2. The molecule has 0 aromatic rings. The molecule has 1 aliphatic heterocycles. The van der Waals surface area contributed by atoms with Crippen molar-refractivity contribution in [2.45, 2.75) is 37.9 Å². The van der Waals surface area contributed by atoms with Crippen molar-refractivity contribution in [2.75, 3.05) is 19.6 Å². The summed E-state index contributed by atoms with van der Waals surface area (Å²) in [4.78, 5) is 13.2. The van der Waals surface area contributed by atoms with E-state index in [4.69, 9.17) is 0 Å². The van der Waals surface area contributed by atoms with Crippen molar-refractivity contribution >= 4 is 5.91 Å². The molecule has 1 aliphatic carbocycles. The van der Waals surface area contributed by atoms with Crippen LogP contribution in [-0.4, -0.2) is 42.7 Å². The summed E-state index contributed by atoms with van der Waals surface area (Å²) in [6.07, 6.45) is -1.83. The molecule has 6 heteroatoms. The highest BCUT2D eigenvalue weighted by atomic mass is 19.4. The fourth-order valence-electron chi connectivity index (χ4n) is 2.09. The fourth-order valence-corrected chi connectivity index (χ4v) is 2.09. The van der Waals surface area contributed by atoms with Crippen LogP contribution < -0.4 is 5.32 Å². The zero-order chi connectivity index (χ0) is 12.5. The van der Waals surface area contributed by atoms with E-state index in [0.717, 1.165) is 12.8 Å². The number of halogens is 3. The predicted octanol–water partition coefficient (Wildman–Crippen LogP) is 1.54. The highest BCUT2D eigenvalue weighted by molar-refractivity contribution is 5.78. The molecule has 1 heterocycles. The number of carbonyl (C=O) groups is 1. The zero-order valence-electron chi connectivity index (χ0n) is 9.59. The van der Waals surface area contributed by atoms with E-state index in [0.29, 0.717) is 6.04 Å². The van der Waals surface area contributed by atoms with E-state index in [9.17, 15) is 18.0 Å². The molecule has 1 amide bonds. The lowest BCUT2D eigenvalue weighted by Gasteiger charge is -2.33. The SMILES string of the molecule is O=C(CNC1CC1)N1CCC(C(F)(F)F)CC1. The molecule has 2 rings (SSSR count). The summed E-state index contributed by atoms with van der Waals surface area (Å²) in [6.45, 7) is 0.728. The molecule has 1 saturated carbocycles. The zero-order valence-corrected chi connectivity index (χ0v) is 9.59. The van der Waals surface area contributed by atoms with E-state index >= 15 is 0 Å². The van der Waals surface area contributed by atoms with E-state index in [1.165, 1.54) is 4.90 Å². The minimum Gasteiger partial charge on any atom is -0.342 e. The third kappa shape index (κ3) is 3.59. The van der Waals surface area contributed by atoms with Crippen LogP contribution in [0, 0.1) is 5.92 Å². The maximum atomic E-state index is 12.4. The first kappa shape index (κ1) is 12.7. The van der Waals surface area contributed by atoms with Gasteiger partial charge in [-0.05, 0) is 25.7 Å². The van der Waals surface area contributed by atoms with Crippen LogP contribution in [0.2, 0.25) is 0 Å². The third-order valence-electron chi connectivity index (χ3n) is 3.43. The number of piperidine rings is 1. The molecule has 2 aliphatic rings. The average molecular weight is 250 g/mol. The van der Waals surface area contributed by atoms with Gasteiger partial charge in [-0.3, -0.25) is 4.79 Å². The first-order valence-corrected chi connectivity index (χ1v) is 6.04. The van der Waals surface area contributed by atoms with Crippen molar-refractivity contribution in [3.05, 3.63) is 0 Å². The normalized spacial score (nSPS) is 22.9. The van der Waals surface area contributed by atoms with Crippen LogP contribution in [0.5, 0.6) is 0 Å². The lowest BCUT2D eigenvalue weighted by atomic mass is 9.96. The highest BCUT2D eigenvalue weighted by Crippen LogP contribution is 2.34. The molecule has 0 unspecified atom stereocenters. The van der Waals surface area contributed by atoms with E-state index in [1.54, 1.807) is 0 Å². The van der Waals surface area contributed by atoms with Crippen molar-refractivity contribution in [3.8, 4) is 0 Å². The summed E-state index contributed by atoms with van der Waals surface area (Å²) in [7, 11) is 0. The van der Waals surface area contributed by atoms with Gasteiger partial charge in [0.2, 0.25) is 5.91 Å². The summed E-state index contributed by atoms with van der Waals surface area (Å²) >= 11 is 0. The Morgan fingerprint density at radius 1 is 1.18 bits per heavy atom. The number of hydrogen-bond donors (Lipinski definition) is 1. The quantitative estimate of drug-likeness (QED) is 0.824. The van der Waals surface area contributed by atoms with Crippen molar-refractivity contribution in [2.24, 2.45) is 5.92 Å². The van der Waals surface area contributed by atoms with Gasteiger partial charge in [0, 0.05) is 19.1 Å². The summed E-state index contributed by atoms with van der Waals surface area (Å²) in [6, 6.07) is 0.451. The van der Waals surface area contributed by atoms with Gasteiger partial charge in [-0.15, -0.1) is 0 Å². The molecule has 1 saturated heterocycles. The number of rotatable bonds is 3. The fraction of sp³-hybridized carbons (Fsp3) is 0.909. The average Bonchev–Trinajstić information content (AvgIpc) is 3.09. The summed E-state index contributed by atoms with van der Waals surface area (Å²) in [5.41, 5.74) is 0. The van der Waals surface area contributed by atoms with Crippen molar-refractivity contribution in [1.29, 1.82) is 0 Å². The van der Waals surface area contributed by atoms with Crippen LogP contribution >= 0.6 is 0 Å². The molecule has 0 radical (unpaired) electrons. The number of nitrogens with one attached hydrogen (secondary N) is 1. The molecular formula is C11H17F3N2O. The second-order valence-electron chi connectivity index (χ2n) is 4.85. The number of nitrogens with zero attached hydrogens (tertiary/aromatic N) is 1. The van der Waals surface area contributed by atoms with E-state index in [-0.39, 0.29) is 38.4 Å². The Morgan fingerprint density at radius 2 is 1.76 bits per heavy atom. The first-order valence-electron chi connectivity index (χ1n) is 6.04. The van der Waals surface area contributed by atoms with Crippen LogP contribution in [0.1, 0.15) is 25.7 Å². The lowest BCUT2D eigenvalue weighted by molar-refractivity contribution is -0.186. The standard InChI is InChI=1S/C11H17F3N2O/c12-11(13,14)8-3-5-16(6-4-8)10(17)7-15-9-1-2-9/h8-9,15H,1-7H2. The van der Waals surface area contributed by atoms with Gasteiger partial charge in [0.1, 0.15) is 0 Å². The van der Waals surface area contributed by atoms with Gasteiger partial charge in [0.05, 0.1) is 12.5 Å². The smallest absolute Gasteiger partial charge is 0.342 e. The topological polar surface area (TPSA) is 32.3 Å². The van der Waals surface area contributed by atoms with Gasteiger partial charge < -0.3 is 10.2 Å². The van der Waals surface area contributed by atoms with Gasteiger partial charge in [-0.25, -0.2) is 0 Å². The number of likely N-dealkylation sites (tertiary alicyclic amines) is 1. The molecule has 2 fully saturated rings. The van der Waals surface area contributed by atoms with Crippen LogP contribution in [0.3, 0.4) is 0 Å². The van der Waals surface area contributed by atoms with Gasteiger partial charge >= 0.3 is 6.18 Å². The monoisotopic (exact) mass is 250 g/mol. The van der Waals surface area contributed by atoms with Crippen molar-refractivity contribution < 1.29 is 18.0 Å². The molecule has 0 atom stereocenters. The van der Waals surface area contributed by atoms with E-state index < -0.39 is 12.1 Å². The van der Waals surface area contributed by atoms with Gasteiger partial charge in [0.25, 0.3) is 0 Å². The Morgan fingerprint density at radius 3 is 2.24 bits per heavy atom. The third-order valence-corrected chi connectivity index (χ3v) is 3.43. The molecule has 0 bridgehead atoms. The summed E-state index contributed by atoms with van der Waals surface area (Å²) < 4.78 is 37.2. The maximum absolute atomic E-state index is 12.4. The van der Waals surface area contributed by atoms with Crippen molar-refractivity contribution in [3.63, 3.8) is 0 Å². The van der Waals surface area contributed by atoms with Crippen molar-refractivity contribution in [1.82, 2.24) is 10.2 Å². The predicted molar refractivity (Wildman–Crippen MR) is 56.4 cm³/mol. The van der Waals surface area contributed by atoms with E-state index in [1.807, 2.05) is 0 Å². The van der Waals surface area contributed by atoms with Gasteiger partial charge in [0.15, 0.2) is 0 Å². The van der Waals surface area contributed by atoms with E-state index in [2.05, 4.69) is 5.32 Å². The molecule has 0 spiro atoms. The first-order chi connectivity index (χ1) is 7.97. The number of amides is 1. The minimum absolute atomic E-state index is 0.0403. The Kier molecular flexibility index (Phi) is 3.61. The van der Waals surface area contributed by atoms with Crippen LogP contribution in [0.15, 0.2) is 0 Å². The Bertz CT molecular complexity index is 281. The molecule has 0 aromatic carbocycles. The molecule has 3 nitrogen and oxygen atoms in total. The summed E-state index contributed by atoms with van der Waals surface area (Å²) in [5, 5.41) is 3.08. The molecule has 17 heavy (non-hydrogen) atoms. The maximum Gasteiger partial charge on any atom is 0.391 e. The van der Waals surface area contributed by atoms with Crippen LogP contribution in [-0.2, 0) is 4.79 Å². The Labute approximate surface area is 98.3 Å². The molecule has 98 valence electrons. The molecule has 0 aromatic heterocycles. The lowest BCUT2D eigenvalue weighted by Crippen LogP contribution is -2.45. The highest BCUT2D eigenvalue weighted by Gasteiger charge is 2.41.